The number of thioether (sulfide) groups is 1. The van der Waals surface area contributed by atoms with E-state index in [0.717, 1.165) is 69.8 Å². The zero-order valence-electron chi connectivity index (χ0n) is 20.3. The molecular weight excluding hydrogens is 470 g/mol. The van der Waals surface area contributed by atoms with Crippen molar-refractivity contribution in [1.29, 1.82) is 0 Å². The molecule has 1 saturated heterocycles. The summed E-state index contributed by atoms with van der Waals surface area (Å²) in [6.45, 7) is 3.42. The molecule has 1 heterocycles. The Morgan fingerprint density at radius 3 is 2.38 bits per heavy atom. The Bertz CT molecular complexity index is 856. The summed E-state index contributed by atoms with van der Waals surface area (Å²) in [6, 6.07) is 5.70. The average molecular weight is 508 g/mol. The van der Waals surface area contributed by atoms with Gasteiger partial charge in [0.1, 0.15) is 4.32 Å². The fraction of sp³-hybridized carbons (Fsp3) is 0.577. The van der Waals surface area contributed by atoms with Crippen LogP contribution in [0.25, 0.3) is 6.08 Å². The number of rotatable bonds is 17. The summed E-state index contributed by atoms with van der Waals surface area (Å²) in [5, 5.41) is 8.64. The number of methoxy groups -OCH3 is 1. The highest BCUT2D eigenvalue weighted by molar-refractivity contribution is 8.26. The Balaban J connectivity index is 1.77. The highest BCUT2D eigenvalue weighted by Crippen LogP contribution is 2.35. The maximum absolute atomic E-state index is 12.9. The van der Waals surface area contributed by atoms with Gasteiger partial charge < -0.3 is 14.6 Å². The molecule has 0 aliphatic carbocycles. The molecule has 1 N–H and O–H groups in total. The van der Waals surface area contributed by atoms with E-state index < -0.39 is 5.97 Å². The van der Waals surface area contributed by atoms with Gasteiger partial charge in [-0.15, -0.1) is 0 Å². The lowest BCUT2D eigenvalue weighted by Gasteiger charge is -2.14. The molecule has 188 valence electrons. The molecule has 8 heteroatoms. The van der Waals surface area contributed by atoms with Crippen LogP contribution < -0.4 is 9.47 Å². The Morgan fingerprint density at radius 2 is 1.74 bits per heavy atom. The van der Waals surface area contributed by atoms with Crippen molar-refractivity contribution in [3.05, 3.63) is 28.7 Å². The first-order valence-electron chi connectivity index (χ1n) is 12.2. The number of amides is 1. The third-order valence-corrected chi connectivity index (χ3v) is 7.01. The maximum atomic E-state index is 12.9. The standard InChI is InChI=1S/C26H37NO5S2/c1-3-4-17-32-21-15-14-20(18-22(21)31-2)19-23-25(30)27(26(33)34-23)16-12-10-8-6-5-7-9-11-13-24(28)29/h14-15,18-19H,3-13,16-17H2,1-2H3,(H,28,29)/b23-19-. The lowest BCUT2D eigenvalue weighted by atomic mass is 10.1. The highest BCUT2D eigenvalue weighted by Gasteiger charge is 2.31. The van der Waals surface area contributed by atoms with Crippen molar-refractivity contribution in [3.63, 3.8) is 0 Å². The number of ether oxygens (including phenoxy) is 2. The summed E-state index contributed by atoms with van der Waals surface area (Å²) in [5.74, 6) is 0.620. The van der Waals surface area contributed by atoms with E-state index in [1.807, 2.05) is 24.3 Å². The molecule has 0 unspecified atom stereocenters. The van der Waals surface area contributed by atoms with Crippen molar-refractivity contribution in [2.45, 2.75) is 77.6 Å². The first kappa shape index (κ1) is 28.2. The number of carboxylic acids is 1. The quantitative estimate of drug-likeness (QED) is 0.143. The van der Waals surface area contributed by atoms with Gasteiger partial charge in [-0.05, 0) is 43.0 Å². The summed E-state index contributed by atoms with van der Waals surface area (Å²) in [5.41, 5.74) is 0.878. The fourth-order valence-electron chi connectivity index (χ4n) is 3.67. The van der Waals surface area contributed by atoms with Gasteiger partial charge in [0.15, 0.2) is 11.5 Å². The monoisotopic (exact) mass is 507 g/mol. The molecule has 2 rings (SSSR count). The van der Waals surface area contributed by atoms with Crippen LogP contribution in [0.3, 0.4) is 0 Å². The second-order valence-corrected chi connectivity index (χ2v) is 10.1. The Morgan fingerprint density at radius 1 is 1.06 bits per heavy atom. The van der Waals surface area contributed by atoms with E-state index in [1.54, 1.807) is 12.0 Å². The van der Waals surface area contributed by atoms with Crippen LogP contribution in [0.2, 0.25) is 0 Å². The molecule has 1 fully saturated rings. The van der Waals surface area contributed by atoms with E-state index in [4.69, 9.17) is 26.8 Å². The van der Waals surface area contributed by atoms with Gasteiger partial charge in [-0.3, -0.25) is 14.5 Å². The number of nitrogens with zero attached hydrogens (tertiary/aromatic N) is 1. The predicted molar refractivity (Wildman–Crippen MR) is 142 cm³/mol. The van der Waals surface area contributed by atoms with Gasteiger partial charge in [0.2, 0.25) is 0 Å². The van der Waals surface area contributed by atoms with Gasteiger partial charge in [-0.1, -0.05) is 81.9 Å². The van der Waals surface area contributed by atoms with Gasteiger partial charge in [0.05, 0.1) is 18.6 Å². The van der Waals surface area contributed by atoms with Crippen LogP contribution in [-0.4, -0.2) is 46.5 Å². The minimum Gasteiger partial charge on any atom is -0.493 e. The van der Waals surface area contributed by atoms with Crippen molar-refractivity contribution in [2.24, 2.45) is 0 Å². The van der Waals surface area contributed by atoms with Gasteiger partial charge in [0, 0.05) is 13.0 Å². The van der Waals surface area contributed by atoms with E-state index >= 15 is 0 Å². The number of benzene rings is 1. The van der Waals surface area contributed by atoms with Crippen molar-refractivity contribution in [1.82, 2.24) is 4.90 Å². The molecule has 0 radical (unpaired) electrons. The minimum atomic E-state index is -0.712. The van der Waals surface area contributed by atoms with Crippen LogP contribution >= 0.6 is 24.0 Å². The van der Waals surface area contributed by atoms with Crippen molar-refractivity contribution >= 4 is 46.3 Å². The predicted octanol–water partition coefficient (Wildman–Crippen LogP) is 6.67. The molecule has 34 heavy (non-hydrogen) atoms. The van der Waals surface area contributed by atoms with E-state index in [1.165, 1.54) is 11.8 Å². The fourth-order valence-corrected chi connectivity index (χ4v) is 4.98. The second kappa shape index (κ2) is 15.8. The summed E-state index contributed by atoms with van der Waals surface area (Å²) < 4.78 is 11.9. The molecule has 0 aromatic heterocycles. The topological polar surface area (TPSA) is 76.1 Å². The van der Waals surface area contributed by atoms with Gasteiger partial charge in [0.25, 0.3) is 5.91 Å². The molecule has 6 nitrogen and oxygen atoms in total. The smallest absolute Gasteiger partial charge is 0.303 e. The molecule has 0 saturated carbocycles. The van der Waals surface area contributed by atoms with E-state index in [0.29, 0.717) is 33.9 Å². The Hall–Kier alpha value is -2.06. The number of aliphatic carboxylic acids is 1. The zero-order chi connectivity index (χ0) is 24.8. The molecule has 1 aliphatic rings. The normalized spacial score (nSPS) is 14.8. The van der Waals surface area contributed by atoms with Crippen molar-refractivity contribution in [3.8, 4) is 11.5 Å². The van der Waals surface area contributed by atoms with Crippen LogP contribution in [0.15, 0.2) is 23.1 Å². The third-order valence-electron chi connectivity index (χ3n) is 5.64. The van der Waals surface area contributed by atoms with Crippen LogP contribution in [0.4, 0.5) is 0 Å². The van der Waals surface area contributed by atoms with Crippen molar-refractivity contribution in [2.75, 3.05) is 20.3 Å². The van der Waals surface area contributed by atoms with Crippen LogP contribution in [0, 0.1) is 0 Å². The molecular formula is C26H37NO5S2. The molecule has 1 aromatic carbocycles. The Labute approximate surface area is 213 Å². The van der Waals surface area contributed by atoms with Gasteiger partial charge in [-0.25, -0.2) is 0 Å². The maximum Gasteiger partial charge on any atom is 0.303 e. The first-order valence-corrected chi connectivity index (χ1v) is 13.5. The number of hydrogen-bond donors (Lipinski definition) is 1. The van der Waals surface area contributed by atoms with E-state index in [9.17, 15) is 9.59 Å². The average Bonchev–Trinajstić information content (AvgIpc) is 3.08. The largest absolute Gasteiger partial charge is 0.493 e. The summed E-state index contributed by atoms with van der Waals surface area (Å²) in [6.07, 6.45) is 12.4. The second-order valence-electron chi connectivity index (χ2n) is 8.42. The van der Waals surface area contributed by atoms with Crippen LogP contribution in [-0.2, 0) is 9.59 Å². The number of carbonyl (C=O) groups is 2. The van der Waals surface area contributed by atoms with Gasteiger partial charge in [-0.2, -0.15) is 0 Å². The number of thiocarbonyl (C=S) groups is 1. The number of carboxylic acid groups (broad SMARTS) is 1. The van der Waals surface area contributed by atoms with E-state index in [2.05, 4.69) is 6.92 Å². The SMILES string of the molecule is CCCCOc1ccc(/C=C2\SC(=S)N(CCCCCCCCCCC(=O)O)C2=O)cc1OC. The molecule has 0 atom stereocenters. The van der Waals surface area contributed by atoms with Gasteiger partial charge >= 0.3 is 5.97 Å². The lowest BCUT2D eigenvalue weighted by Crippen LogP contribution is -2.29. The molecule has 0 spiro atoms. The first-order chi connectivity index (χ1) is 16.5. The molecule has 1 aromatic rings. The summed E-state index contributed by atoms with van der Waals surface area (Å²) >= 11 is 6.81. The third kappa shape index (κ3) is 9.66. The number of hydrogen-bond acceptors (Lipinski definition) is 6. The van der Waals surface area contributed by atoms with Crippen molar-refractivity contribution < 1.29 is 24.2 Å². The zero-order valence-corrected chi connectivity index (χ0v) is 22.0. The highest BCUT2D eigenvalue weighted by atomic mass is 32.2. The number of unbranched alkanes of at least 4 members (excludes halogenated alkanes) is 8. The number of carbonyl (C=O) groups excluding carboxylic acids is 1. The molecule has 0 bridgehead atoms. The minimum absolute atomic E-state index is 0.0318. The van der Waals surface area contributed by atoms with Crippen LogP contribution in [0.1, 0.15) is 83.1 Å². The van der Waals surface area contributed by atoms with Crippen LogP contribution in [0.5, 0.6) is 11.5 Å². The summed E-state index contributed by atoms with van der Waals surface area (Å²) in [7, 11) is 1.62. The lowest BCUT2D eigenvalue weighted by molar-refractivity contribution is -0.137. The molecule has 1 aliphatic heterocycles. The Kier molecular flexibility index (Phi) is 13.1. The summed E-state index contributed by atoms with van der Waals surface area (Å²) in [4.78, 5) is 25.7. The molecule has 1 amide bonds. The van der Waals surface area contributed by atoms with E-state index in [-0.39, 0.29) is 12.3 Å².